The molecule has 0 spiro atoms. The second-order valence-electron chi connectivity index (χ2n) is 5.20. The van der Waals surface area contributed by atoms with Crippen molar-refractivity contribution < 1.29 is 4.79 Å². The van der Waals surface area contributed by atoms with E-state index in [4.69, 9.17) is 11.6 Å². The van der Waals surface area contributed by atoms with Crippen molar-refractivity contribution in [2.75, 3.05) is 18.4 Å². The van der Waals surface area contributed by atoms with Gasteiger partial charge in [-0.2, -0.15) is 0 Å². The number of piperidine rings is 1. The van der Waals surface area contributed by atoms with Gasteiger partial charge in [0, 0.05) is 12.6 Å². The summed E-state index contributed by atoms with van der Waals surface area (Å²) in [5.74, 6) is 1.56. The lowest BCUT2D eigenvalue weighted by Gasteiger charge is -2.27. The van der Waals surface area contributed by atoms with Crippen molar-refractivity contribution in [2.24, 2.45) is 11.8 Å². The van der Waals surface area contributed by atoms with Crippen LogP contribution in [0.4, 0.5) is 5.82 Å². The minimum Gasteiger partial charge on any atom is -0.316 e. The van der Waals surface area contributed by atoms with Crippen LogP contribution in [0.25, 0.3) is 0 Å². The van der Waals surface area contributed by atoms with E-state index in [1.165, 1.54) is 19.0 Å². The van der Waals surface area contributed by atoms with Crippen molar-refractivity contribution in [1.29, 1.82) is 0 Å². The fourth-order valence-corrected chi connectivity index (χ4v) is 2.58. The molecule has 5 heteroatoms. The van der Waals surface area contributed by atoms with Gasteiger partial charge in [0.2, 0.25) is 5.91 Å². The van der Waals surface area contributed by atoms with Crippen LogP contribution in [0.2, 0.25) is 5.02 Å². The molecule has 1 amide bonds. The zero-order chi connectivity index (χ0) is 13.7. The summed E-state index contributed by atoms with van der Waals surface area (Å²) in [5, 5.41) is 6.77. The van der Waals surface area contributed by atoms with Crippen LogP contribution in [-0.2, 0) is 4.79 Å². The number of rotatable bonds is 4. The first kappa shape index (κ1) is 14.3. The van der Waals surface area contributed by atoms with Crippen molar-refractivity contribution in [1.82, 2.24) is 10.3 Å². The molecular weight excluding hydrogens is 262 g/mol. The maximum atomic E-state index is 11.9. The van der Waals surface area contributed by atoms with Crippen LogP contribution >= 0.6 is 11.6 Å². The zero-order valence-corrected chi connectivity index (χ0v) is 11.9. The summed E-state index contributed by atoms with van der Waals surface area (Å²) in [5.41, 5.74) is 0. The highest BCUT2D eigenvalue weighted by atomic mass is 35.5. The first-order valence-corrected chi connectivity index (χ1v) is 7.15. The Balaban J connectivity index is 1.81. The average Bonchev–Trinajstić information content (AvgIpc) is 2.42. The number of carbonyl (C=O) groups excluding carboxylic acids is 1. The Hall–Kier alpha value is -1.13. The molecule has 2 unspecified atom stereocenters. The molecule has 0 aromatic carbocycles. The van der Waals surface area contributed by atoms with E-state index in [2.05, 4.69) is 22.5 Å². The van der Waals surface area contributed by atoms with Gasteiger partial charge in [0.05, 0.1) is 5.02 Å². The van der Waals surface area contributed by atoms with Gasteiger partial charge in [0.15, 0.2) is 0 Å². The molecule has 0 aliphatic carbocycles. The number of nitrogens with one attached hydrogen (secondary N) is 2. The Morgan fingerprint density at radius 1 is 1.63 bits per heavy atom. The highest BCUT2D eigenvalue weighted by Crippen LogP contribution is 2.22. The maximum absolute atomic E-state index is 11.9. The van der Waals surface area contributed by atoms with Gasteiger partial charge in [-0.3, -0.25) is 4.79 Å². The largest absolute Gasteiger partial charge is 0.316 e. The maximum Gasteiger partial charge on any atom is 0.225 e. The molecule has 1 fully saturated rings. The Labute approximate surface area is 118 Å². The summed E-state index contributed by atoms with van der Waals surface area (Å²) in [7, 11) is 0. The lowest BCUT2D eigenvalue weighted by Crippen LogP contribution is -2.34. The van der Waals surface area contributed by atoms with E-state index in [1.54, 1.807) is 12.1 Å². The first-order valence-electron chi connectivity index (χ1n) is 6.77. The smallest absolute Gasteiger partial charge is 0.225 e. The number of amides is 1. The van der Waals surface area contributed by atoms with Crippen molar-refractivity contribution in [3.8, 4) is 0 Å². The van der Waals surface area contributed by atoms with Gasteiger partial charge in [0.25, 0.3) is 0 Å². The number of aromatic nitrogens is 1. The van der Waals surface area contributed by atoms with E-state index in [0.717, 1.165) is 13.1 Å². The SMILES string of the molecule is CC(CC(=O)Nc1ccc(Cl)cn1)C1CCCNC1. The van der Waals surface area contributed by atoms with E-state index < -0.39 is 0 Å². The van der Waals surface area contributed by atoms with Crippen LogP contribution < -0.4 is 10.6 Å². The van der Waals surface area contributed by atoms with Gasteiger partial charge in [-0.25, -0.2) is 4.98 Å². The van der Waals surface area contributed by atoms with Crippen molar-refractivity contribution in [2.45, 2.75) is 26.2 Å². The molecule has 1 aromatic rings. The average molecular weight is 282 g/mol. The Morgan fingerprint density at radius 2 is 2.47 bits per heavy atom. The third-order valence-corrected chi connectivity index (χ3v) is 3.87. The fourth-order valence-electron chi connectivity index (χ4n) is 2.47. The lowest BCUT2D eigenvalue weighted by atomic mass is 9.85. The molecule has 104 valence electrons. The van der Waals surface area contributed by atoms with Gasteiger partial charge >= 0.3 is 0 Å². The third kappa shape index (κ3) is 4.48. The molecule has 2 N–H and O–H groups in total. The quantitative estimate of drug-likeness (QED) is 0.892. The predicted octanol–water partition coefficient (Wildman–Crippen LogP) is 2.70. The first-order chi connectivity index (χ1) is 9.15. The van der Waals surface area contributed by atoms with Crippen molar-refractivity contribution in [3.63, 3.8) is 0 Å². The zero-order valence-electron chi connectivity index (χ0n) is 11.2. The number of anilines is 1. The predicted molar refractivity (Wildman–Crippen MR) is 77.3 cm³/mol. The summed E-state index contributed by atoms with van der Waals surface area (Å²) >= 11 is 5.75. The van der Waals surface area contributed by atoms with Gasteiger partial charge < -0.3 is 10.6 Å². The standard InChI is InChI=1S/C14H20ClN3O/c1-10(11-3-2-6-16-8-11)7-14(19)18-13-5-4-12(15)9-17-13/h4-5,9-11,16H,2-3,6-8H2,1H3,(H,17,18,19). The van der Waals surface area contributed by atoms with E-state index in [9.17, 15) is 4.79 Å². The molecule has 4 nitrogen and oxygen atoms in total. The Bertz CT molecular complexity index is 415. The normalized spacial score (nSPS) is 20.8. The second-order valence-corrected chi connectivity index (χ2v) is 5.63. The van der Waals surface area contributed by atoms with E-state index in [1.807, 2.05) is 0 Å². The number of hydrogen-bond acceptors (Lipinski definition) is 3. The Morgan fingerprint density at radius 3 is 3.11 bits per heavy atom. The molecule has 2 rings (SSSR count). The molecule has 19 heavy (non-hydrogen) atoms. The Kier molecular flexibility index (Phi) is 5.16. The molecule has 0 radical (unpaired) electrons. The highest BCUT2D eigenvalue weighted by molar-refractivity contribution is 6.30. The highest BCUT2D eigenvalue weighted by Gasteiger charge is 2.22. The minimum absolute atomic E-state index is 0.0212. The van der Waals surface area contributed by atoms with Crippen LogP contribution in [0.15, 0.2) is 18.3 Å². The van der Waals surface area contributed by atoms with Crippen LogP contribution in [0.5, 0.6) is 0 Å². The summed E-state index contributed by atoms with van der Waals surface area (Å²) in [6.45, 7) is 4.27. The monoisotopic (exact) mass is 281 g/mol. The van der Waals surface area contributed by atoms with Gasteiger partial charge in [-0.05, 0) is 49.9 Å². The molecule has 1 aliphatic rings. The number of halogens is 1. The molecular formula is C14H20ClN3O. The summed E-state index contributed by atoms with van der Waals surface area (Å²) in [6.07, 6.45) is 4.48. The summed E-state index contributed by atoms with van der Waals surface area (Å²) in [4.78, 5) is 16.0. The number of hydrogen-bond donors (Lipinski definition) is 2. The molecule has 1 aliphatic heterocycles. The van der Waals surface area contributed by atoms with E-state index in [-0.39, 0.29) is 5.91 Å². The van der Waals surface area contributed by atoms with Crippen LogP contribution in [0.1, 0.15) is 26.2 Å². The molecule has 0 saturated carbocycles. The van der Waals surface area contributed by atoms with Gasteiger partial charge in [-0.1, -0.05) is 18.5 Å². The molecule has 2 heterocycles. The second kappa shape index (κ2) is 6.87. The van der Waals surface area contributed by atoms with Crippen LogP contribution in [0, 0.1) is 11.8 Å². The van der Waals surface area contributed by atoms with E-state index >= 15 is 0 Å². The molecule has 0 bridgehead atoms. The topological polar surface area (TPSA) is 54.0 Å². The van der Waals surface area contributed by atoms with Crippen molar-refractivity contribution in [3.05, 3.63) is 23.4 Å². The summed E-state index contributed by atoms with van der Waals surface area (Å²) < 4.78 is 0. The van der Waals surface area contributed by atoms with Crippen LogP contribution in [-0.4, -0.2) is 24.0 Å². The van der Waals surface area contributed by atoms with Crippen LogP contribution in [0.3, 0.4) is 0 Å². The van der Waals surface area contributed by atoms with Crippen molar-refractivity contribution >= 4 is 23.3 Å². The molecule has 2 atom stereocenters. The number of nitrogens with zero attached hydrogens (tertiary/aromatic N) is 1. The van der Waals surface area contributed by atoms with E-state index in [0.29, 0.717) is 29.1 Å². The fraction of sp³-hybridized carbons (Fsp3) is 0.571. The third-order valence-electron chi connectivity index (χ3n) is 3.64. The molecule has 1 aromatic heterocycles. The molecule has 1 saturated heterocycles. The lowest BCUT2D eigenvalue weighted by molar-refractivity contribution is -0.117. The minimum atomic E-state index is 0.0212. The van der Waals surface area contributed by atoms with Gasteiger partial charge in [0.1, 0.15) is 5.82 Å². The van der Waals surface area contributed by atoms with Gasteiger partial charge in [-0.15, -0.1) is 0 Å². The number of carbonyl (C=O) groups is 1. The number of pyridine rings is 1. The summed E-state index contributed by atoms with van der Waals surface area (Å²) in [6, 6.07) is 3.44.